The minimum absolute atomic E-state index is 0.279. The Bertz CT molecular complexity index is 633. The first-order chi connectivity index (χ1) is 9.79. The molecule has 2 amide bonds. The third-order valence-corrected chi connectivity index (χ3v) is 5.75. The lowest BCUT2D eigenvalue weighted by atomic mass is 10.2. The van der Waals surface area contributed by atoms with Crippen LogP contribution in [0.15, 0.2) is 24.3 Å². The molecule has 1 aliphatic rings. The highest BCUT2D eigenvalue weighted by molar-refractivity contribution is 7.91. The highest BCUT2D eigenvalue weighted by Crippen LogP contribution is 2.29. The van der Waals surface area contributed by atoms with Gasteiger partial charge in [0, 0.05) is 30.1 Å². The first-order valence-corrected chi connectivity index (χ1v) is 9.10. The molecule has 2 rings (SSSR count). The standard InChI is InChI=1S/C14H19ClN2O3S/c1-17(12-7-4-8-13(12)21(2,19)20)14(18)16-11-6-3-5-10(15)9-11/h3,5-6,9,12-13H,4,7-8H2,1-2H3,(H,16,18)/t12-,13-/m1/s1. The SMILES string of the molecule is CN(C(=O)Nc1cccc(Cl)c1)[C@@H]1CCC[C@H]1S(C)(=O)=O. The number of hydrogen-bond acceptors (Lipinski definition) is 3. The second-order valence-electron chi connectivity index (χ2n) is 5.42. The van der Waals surface area contributed by atoms with Gasteiger partial charge in [-0.05, 0) is 37.5 Å². The summed E-state index contributed by atoms with van der Waals surface area (Å²) in [5.41, 5.74) is 0.591. The van der Waals surface area contributed by atoms with Gasteiger partial charge >= 0.3 is 6.03 Å². The Morgan fingerprint density at radius 3 is 2.71 bits per heavy atom. The van der Waals surface area contributed by atoms with Gasteiger partial charge in [0.2, 0.25) is 0 Å². The van der Waals surface area contributed by atoms with E-state index in [1.807, 2.05) is 0 Å². The molecule has 0 unspecified atom stereocenters. The highest BCUT2D eigenvalue weighted by atomic mass is 35.5. The Kier molecular flexibility index (Phi) is 4.78. The maximum atomic E-state index is 12.3. The molecule has 21 heavy (non-hydrogen) atoms. The molecule has 1 aromatic rings. The average molecular weight is 331 g/mol. The third-order valence-electron chi connectivity index (χ3n) is 3.86. The summed E-state index contributed by atoms with van der Waals surface area (Å²) in [6, 6.07) is 6.25. The van der Waals surface area contributed by atoms with Gasteiger partial charge < -0.3 is 10.2 Å². The molecule has 1 saturated carbocycles. The summed E-state index contributed by atoms with van der Waals surface area (Å²) in [6.45, 7) is 0. The summed E-state index contributed by atoms with van der Waals surface area (Å²) in [6.07, 6.45) is 3.37. The van der Waals surface area contributed by atoms with E-state index in [4.69, 9.17) is 11.6 Å². The lowest BCUT2D eigenvalue weighted by Crippen LogP contribution is -2.46. The van der Waals surface area contributed by atoms with Gasteiger partial charge in [0.25, 0.3) is 0 Å². The molecular formula is C14H19ClN2O3S. The van der Waals surface area contributed by atoms with E-state index in [2.05, 4.69) is 5.32 Å². The van der Waals surface area contributed by atoms with Gasteiger partial charge in [0.15, 0.2) is 9.84 Å². The van der Waals surface area contributed by atoms with Crippen molar-refractivity contribution in [2.24, 2.45) is 0 Å². The molecule has 1 N–H and O–H groups in total. The zero-order valence-corrected chi connectivity index (χ0v) is 13.6. The van der Waals surface area contributed by atoms with Crippen LogP contribution in [0, 0.1) is 0 Å². The van der Waals surface area contributed by atoms with Gasteiger partial charge in [-0.2, -0.15) is 0 Å². The molecule has 0 spiro atoms. The summed E-state index contributed by atoms with van der Waals surface area (Å²) < 4.78 is 23.6. The van der Waals surface area contributed by atoms with Crippen molar-refractivity contribution >= 4 is 33.2 Å². The molecule has 0 heterocycles. The van der Waals surface area contributed by atoms with Gasteiger partial charge in [-0.15, -0.1) is 0 Å². The summed E-state index contributed by atoms with van der Waals surface area (Å²) in [5.74, 6) is 0. The Labute approximate surface area is 130 Å². The number of sulfone groups is 1. The maximum Gasteiger partial charge on any atom is 0.321 e. The van der Waals surface area contributed by atoms with Crippen LogP contribution >= 0.6 is 11.6 Å². The van der Waals surface area contributed by atoms with E-state index in [9.17, 15) is 13.2 Å². The zero-order chi connectivity index (χ0) is 15.6. The lowest BCUT2D eigenvalue weighted by molar-refractivity contribution is 0.205. The Morgan fingerprint density at radius 2 is 2.10 bits per heavy atom. The van der Waals surface area contributed by atoms with Crippen LogP contribution in [0.3, 0.4) is 0 Å². The van der Waals surface area contributed by atoms with Gasteiger partial charge in [-0.25, -0.2) is 13.2 Å². The number of nitrogens with one attached hydrogen (secondary N) is 1. The average Bonchev–Trinajstić information content (AvgIpc) is 2.86. The Hall–Kier alpha value is -1.27. The first-order valence-electron chi connectivity index (χ1n) is 6.77. The fourth-order valence-electron chi connectivity index (χ4n) is 2.78. The predicted molar refractivity (Wildman–Crippen MR) is 84.5 cm³/mol. The topological polar surface area (TPSA) is 66.5 Å². The molecule has 7 heteroatoms. The molecule has 1 aromatic carbocycles. The van der Waals surface area contributed by atoms with Crippen LogP contribution in [0.4, 0.5) is 10.5 Å². The third kappa shape index (κ3) is 3.89. The molecule has 1 fully saturated rings. The highest BCUT2D eigenvalue weighted by Gasteiger charge is 2.38. The first kappa shape index (κ1) is 16.1. The van der Waals surface area contributed by atoms with E-state index in [1.165, 1.54) is 11.2 Å². The predicted octanol–water partition coefficient (Wildman–Crippen LogP) is 2.77. The van der Waals surface area contributed by atoms with Crippen molar-refractivity contribution in [3.05, 3.63) is 29.3 Å². The van der Waals surface area contributed by atoms with Crippen LogP contribution in [0.2, 0.25) is 5.02 Å². The summed E-state index contributed by atoms with van der Waals surface area (Å²) in [7, 11) is -1.52. The number of urea groups is 1. The summed E-state index contributed by atoms with van der Waals surface area (Å²) >= 11 is 5.87. The number of benzene rings is 1. The van der Waals surface area contributed by atoms with Crippen LogP contribution in [0.25, 0.3) is 0 Å². The largest absolute Gasteiger partial charge is 0.323 e. The van der Waals surface area contributed by atoms with Crippen molar-refractivity contribution in [2.75, 3.05) is 18.6 Å². The van der Waals surface area contributed by atoms with E-state index >= 15 is 0 Å². The van der Waals surface area contributed by atoms with Crippen molar-refractivity contribution in [2.45, 2.75) is 30.6 Å². The molecule has 0 saturated heterocycles. The molecule has 0 bridgehead atoms. The molecular weight excluding hydrogens is 312 g/mol. The van der Waals surface area contributed by atoms with Crippen molar-refractivity contribution in [1.82, 2.24) is 4.90 Å². The number of halogens is 1. The quantitative estimate of drug-likeness (QED) is 0.926. The van der Waals surface area contributed by atoms with Crippen LogP contribution in [0.5, 0.6) is 0 Å². The van der Waals surface area contributed by atoms with Crippen LogP contribution < -0.4 is 5.32 Å². The Balaban J connectivity index is 2.09. The van der Waals surface area contributed by atoms with E-state index < -0.39 is 15.1 Å². The van der Waals surface area contributed by atoms with E-state index in [1.54, 1.807) is 31.3 Å². The molecule has 0 radical (unpaired) electrons. The van der Waals surface area contributed by atoms with Gasteiger partial charge in [-0.3, -0.25) is 0 Å². The number of anilines is 1. The maximum absolute atomic E-state index is 12.3. The van der Waals surface area contributed by atoms with E-state index in [0.29, 0.717) is 23.6 Å². The molecule has 2 atom stereocenters. The molecule has 1 aliphatic carbocycles. The van der Waals surface area contributed by atoms with Gasteiger partial charge in [-0.1, -0.05) is 17.7 Å². The van der Waals surface area contributed by atoms with Gasteiger partial charge in [0.05, 0.1) is 5.25 Å². The molecule has 0 aromatic heterocycles. The van der Waals surface area contributed by atoms with Crippen LogP contribution in [-0.4, -0.2) is 43.9 Å². The van der Waals surface area contributed by atoms with Crippen molar-refractivity contribution in [3.8, 4) is 0 Å². The summed E-state index contributed by atoms with van der Waals surface area (Å²) in [5, 5.41) is 2.79. The number of hydrogen-bond donors (Lipinski definition) is 1. The fourth-order valence-corrected chi connectivity index (χ4v) is 4.45. The fraction of sp³-hybridized carbons (Fsp3) is 0.500. The minimum atomic E-state index is -3.15. The molecule has 0 aliphatic heterocycles. The number of nitrogens with zero attached hydrogens (tertiary/aromatic N) is 1. The van der Waals surface area contributed by atoms with Crippen molar-refractivity contribution in [1.29, 1.82) is 0 Å². The molecule has 116 valence electrons. The summed E-state index contributed by atoms with van der Waals surface area (Å²) in [4.78, 5) is 13.7. The minimum Gasteiger partial charge on any atom is -0.323 e. The number of carbonyl (C=O) groups excluding carboxylic acids is 1. The second kappa shape index (κ2) is 6.23. The zero-order valence-electron chi connectivity index (χ0n) is 12.0. The Morgan fingerprint density at radius 1 is 1.38 bits per heavy atom. The van der Waals surface area contributed by atoms with Crippen molar-refractivity contribution in [3.63, 3.8) is 0 Å². The second-order valence-corrected chi connectivity index (χ2v) is 8.12. The smallest absolute Gasteiger partial charge is 0.321 e. The van der Waals surface area contributed by atoms with Gasteiger partial charge in [0.1, 0.15) is 0 Å². The molecule has 5 nitrogen and oxygen atoms in total. The van der Waals surface area contributed by atoms with Crippen molar-refractivity contribution < 1.29 is 13.2 Å². The van der Waals surface area contributed by atoms with E-state index in [0.717, 1.165) is 6.42 Å². The lowest BCUT2D eigenvalue weighted by Gasteiger charge is -2.29. The monoisotopic (exact) mass is 330 g/mol. The van der Waals surface area contributed by atoms with Crippen LogP contribution in [0.1, 0.15) is 19.3 Å². The van der Waals surface area contributed by atoms with E-state index in [-0.39, 0.29) is 12.1 Å². The number of rotatable bonds is 3. The normalized spacial score (nSPS) is 22.0. The van der Waals surface area contributed by atoms with Crippen LogP contribution in [-0.2, 0) is 9.84 Å². The number of carbonyl (C=O) groups is 1. The number of amides is 2.